The number of ether oxygens (including phenoxy) is 9. The molecule has 0 unspecified atom stereocenters. The number of hydrogen-bond donors (Lipinski definition) is 5. The smallest absolute Gasteiger partial charge is 0.338 e. The van der Waals surface area contributed by atoms with E-state index in [9.17, 15) is 30.3 Å². The molecule has 378 valence electrons. The van der Waals surface area contributed by atoms with Crippen LogP contribution in [0.2, 0.25) is 0 Å². The van der Waals surface area contributed by atoms with Crippen LogP contribution in [0.5, 0.6) is 0 Å². The number of aliphatic hydroxyl groups is 5. The quantitative estimate of drug-likeness (QED) is 0.110. The molecule has 0 aromatic carbocycles. The minimum atomic E-state index is -1.86. The summed E-state index contributed by atoms with van der Waals surface area (Å²) in [5.41, 5.74) is 0.253. The topological polar surface area (TPSA) is 201 Å². The van der Waals surface area contributed by atoms with Gasteiger partial charge in [-0.15, -0.1) is 0 Å². The van der Waals surface area contributed by atoms with Crippen molar-refractivity contribution in [3.8, 4) is 0 Å². The van der Waals surface area contributed by atoms with Gasteiger partial charge in [-0.2, -0.15) is 0 Å². The lowest BCUT2D eigenvalue weighted by molar-refractivity contribution is -0.321. The number of hydrogen-bond acceptors (Lipinski definition) is 15. The number of esters is 1. The van der Waals surface area contributed by atoms with Crippen LogP contribution < -0.4 is 0 Å². The Balaban J connectivity index is 0.817. The molecule has 8 aliphatic rings. The van der Waals surface area contributed by atoms with E-state index in [4.69, 9.17) is 42.6 Å². The number of rotatable bonds is 13. The fourth-order valence-electron chi connectivity index (χ4n) is 12.0. The van der Waals surface area contributed by atoms with Crippen molar-refractivity contribution in [3.05, 3.63) is 47.6 Å². The average molecular weight is 945 g/mol. The third-order valence-corrected chi connectivity index (χ3v) is 16.0. The highest BCUT2D eigenvalue weighted by Crippen LogP contribution is 2.48. The molecule has 15 nitrogen and oxygen atoms in total. The summed E-state index contributed by atoms with van der Waals surface area (Å²) in [6.45, 7) is 16.9. The monoisotopic (exact) mass is 945 g/mol. The van der Waals surface area contributed by atoms with E-state index in [1.54, 1.807) is 13.0 Å². The molecule has 3 spiro atoms. The first-order valence-electron chi connectivity index (χ1n) is 25.4. The first-order valence-corrected chi connectivity index (χ1v) is 25.4. The first kappa shape index (κ1) is 51.3. The minimum absolute atomic E-state index is 0.0436. The van der Waals surface area contributed by atoms with Crippen molar-refractivity contribution in [1.29, 1.82) is 0 Å². The molecule has 0 amide bonds. The molecule has 15 heteroatoms. The number of carbonyl (C=O) groups excluding carboxylic acids is 1. The van der Waals surface area contributed by atoms with Gasteiger partial charge in [0.25, 0.3) is 0 Å². The van der Waals surface area contributed by atoms with Crippen LogP contribution in [-0.2, 0) is 47.4 Å². The predicted octanol–water partition coefficient (Wildman–Crippen LogP) is 5.77. The van der Waals surface area contributed by atoms with Crippen molar-refractivity contribution >= 4 is 5.97 Å². The fraction of sp³-hybridized carbons (Fsp3) is 0.827. The zero-order chi connectivity index (χ0) is 47.9. The van der Waals surface area contributed by atoms with Gasteiger partial charge in [0.15, 0.2) is 17.2 Å². The molecule has 5 N–H and O–H groups in total. The second kappa shape index (κ2) is 20.9. The van der Waals surface area contributed by atoms with E-state index < -0.39 is 83.9 Å². The van der Waals surface area contributed by atoms with Crippen molar-refractivity contribution in [3.63, 3.8) is 0 Å². The van der Waals surface area contributed by atoms with Crippen LogP contribution in [0.3, 0.4) is 0 Å². The maximum absolute atomic E-state index is 13.1. The van der Waals surface area contributed by atoms with Gasteiger partial charge in [0, 0.05) is 38.0 Å². The van der Waals surface area contributed by atoms with Crippen LogP contribution in [0.25, 0.3) is 0 Å². The zero-order valence-corrected chi connectivity index (χ0v) is 40.7. The third kappa shape index (κ3) is 11.5. The van der Waals surface area contributed by atoms with Crippen LogP contribution in [0.4, 0.5) is 0 Å². The lowest BCUT2D eigenvalue weighted by Crippen LogP contribution is -2.60. The van der Waals surface area contributed by atoms with E-state index >= 15 is 0 Å². The molecule has 7 saturated heterocycles. The highest BCUT2D eigenvalue weighted by Gasteiger charge is 2.55. The largest absolute Gasteiger partial charge is 0.459 e. The lowest BCUT2D eigenvalue weighted by atomic mass is 9.79. The fourth-order valence-corrected chi connectivity index (χ4v) is 12.0. The SMILES string of the molecule is C=C1[C@@H](O)[C@@H]2O[C@]3(CC[C@H](/C=C/[C@@H](C)[C@@H]4CC(C)=C[C@@]5(O[C@H](C[C@@](C)(O)C(=O)OC/C(C)=C/[C@@H]6OCC[C@H]6O)CC[C@H]5O)O4)O3)CC[C@H]2O[C@@H]1[C@@H](O)C[C@H](C)[C@@H]1O[C@@]2(CCCCO2)CC[C@H]1C. The summed E-state index contributed by atoms with van der Waals surface area (Å²) in [5, 5.41) is 55.9. The van der Waals surface area contributed by atoms with Crippen molar-refractivity contribution in [2.45, 2.75) is 234 Å². The summed E-state index contributed by atoms with van der Waals surface area (Å²) in [6, 6.07) is 0. The number of carbonyl (C=O) groups is 1. The van der Waals surface area contributed by atoms with Gasteiger partial charge in [-0.25, -0.2) is 4.79 Å². The second-order valence-electron chi connectivity index (χ2n) is 21.8. The van der Waals surface area contributed by atoms with Gasteiger partial charge in [0.05, 0.1) is 55.9 Å². The van der Waals surface area contributed by atoms with Gasteiger partial charge in [-0.3, -0.25) is 0 Å². The van der Waals surface area contributed by atoms with E-state index in [2.05, 4.69) is 33.4 Å². The molecule has 0 aliphatic carbocycles. The maximum Gasteiger partial charge on any atom is 0.338 e. The Hall–Kier alpha value is -2.09. The minimum Gasteiger partial charge on any atom is -0.459 e. The maximum atomic E-state index is 13.1. The van der Waals surface area contributed by atoms with Gasteiger partial charge >= 0.3 is 5.97 Å². The van der Waals surface area contributed by atoms with E-state index in [-0.39, 0.29) is 43.2 Å². The molecular formula is C52H80O15. The van der Waals surface area contributed by atoms with Gasteiger partial charge < -0.3 is 68.2 Å². The van der Waals surface area contributed by atoms with E-state index in [1.165, 1.54) is 6.92 Å². The molecule has 8 heterocycles. The number of aliphatic hydroxyl groups excluding tert-OH is 4. The molecule has 0 bridgehead atoms. The zero-order valence-electron chi connectivity index (χ0n) is 40.7. The van der Waals surface area contributed by atoms with Crippen molar-refractivity contribution in [2.24, 2.45) is 17.8 Å². The Bertz CT molecular complexity index is 1820. The summed E-state index contributed by atoms with van der Waals surface area (Å²) in [7, 11) is 0. The standard InChI is InChI=1S/C52H80O15/c1-30-24-41(65-52(27-30)43(55)13-12-37(64-52)28-49(7,58)48(57)60-29-31(2)25-42-38(53)17-23-59-42)32(3)10-11-36-15-20-51(63-36)21-16-40-47(67-51)44(56)35(6)46(62-40)39(54)26-34(5)45-33(4)14-19-50(66-45)18-8-9-22-61-50/h10-11,25,27,32-34,36-47,53-56,58H,6,8-9,12-24,26,28-29H2,1-5,7H3/b11-10+,31-25+/t32-,33-,34+,36+,37+,38-,39+,40-,41+,42+,43-,44-,45-,46+,47-,49-,50+,51-,52-/m1/s1. The van der Waals surface area contributed by atoms with Crippen LogP contribution in [-0.4, -0.2) is 148 Å². The van der Waals surface area contributed by atoms with Crippen LogP contribution >= 0.6 is 0 Å². The normalized spacial score (nSPS) is 44.1. The molecule has 0 aromatic rings. The van der Waals surface area contributed by atoms with Gasteiger partial charge in [0.2, 0.25) is 5.79 Å². The van der Waals surface area contributed by atoms with Crippen molar-refractivity contribution in [2.75, 3.05) is 19.8 Å². The summed E-state index contributed by atoms with van der Waals surface area (Å²) in [4.78, 5) is 13.1. The Labute approximate surface area is 397 Å². The molecular weight excluding hydrogens is 865 g/mol. The van der Waals surface area contributed by atoms with Gasteiger partial charge in [-0.1, -0.05) is 51.2 Å². The number of fused-ring (bicyclic) bond motifs is 1. The predicted molar refractivity (Wildman–Crippen MR) is 245 cm³/mol. The van der Waals surface area contributed by atoms with E-state index in [0.29, 0.717) is 75.0 Å². The second-order valence-corrected chi connectivity index (χ2v) is 21.8. The molecule has 67 heavy (non-hydrogen) atoms. The molecule has 19 atom stereocenters. The Morgan fingerprint density at radius 2 is 1.75 bits per heavy atom. The van der Waals surface area contributed by atoms with Crippen molar-refractivity contribution < 1.29 is 73.0 Å². The van der Waals surface area contributed by atoms with Gasteiger partial charge in [0.1, 0.15) is 37.1 Å². The third-order valence-electron chi connectivity index (χ3n) is 16.0. The highest BCUT2D eigenvalue weighted by molar-refractivity contribution is 5.78. The molecule has 0 radical (unpaired) electrons. The molecule has 8 rings (SSSR count). The highest BCUT2D eigenvalue weighted by atomic mass is 16.7. The summed E-state index contributed by atoms with van der Waals surface area (Å²) >= 11 is 0. The van der Waals surface area contributed by atoms with Crippen LogP contribution in [0, 0.1) is 17.8 Å². The summed E-state index contributed by atoms with van der Waals surface area (Å²) < 4.78 is 56.7. The summed E-state index contributed by atoms with van der Waals surface area (Å²) in [5.74, 6) is -3.35. The van der Waals surface area contributed by atoms with Gasteiger partial charge in [-0.05, 0) is 114 Å². The van der Waals surface area contributed by atoms with Crippen molar-refractivity contribution in [1.82, 2.24) is 0 Å². The first-order chi connectivity index (χ1) is 31.8. The Morgan fingerprint density at radius 3 is 2.49 bits per heavy atom. The molecule has 8 aliphatic heterocycles. The lowest BCUT2D eigenvalue weighted by Gasteiger charge is -2.50. The van der Waals surface area contributed by atoms with E-state index in [0.717, 1.165) is 50.7 Å². The van der Waals surface area contributed by atoms with E-state index in [1.807, 2.05) is 19.1 Å². The molecule has 0 saturated carbocycles. The average Bonchev–Trinajstić information content (AvgIpc) is 3.89. The van der Waals surface area contributed by atoms with Crippen LogP contribution in [0.1, 0.15) is 138 Å². The van der Waals surface area contributed by atoms with Crippen LogP contribution in [0.15, 0.2) is 47.6 Å². The summed E-state index contributed by atoms with van der Waals surface area (Å²) in [6.07, 6.45) is 10.6. The Morgan fingerprint density at radius 1 is 0.970 bits per heavy atom. The molecule has 0 aromatic heterocycles. The molecule has 7 fully saturated rings. The Kier molecular flexibility index (Phi) is 16.0.